The summed E-state index contributed by atoms with van der Waals surface area (Å²) in [6, 6.07) is 20.8. The molecule has 1 aliphatic heterocycles. The highest BCUT2D eigenvalue weighted by Crippen LogP contribution is 2.30. The molecule has 1 heterocycles. The Morgan fingerprint density at radius 1 is 0.837 bits per heavy atom. The molecule has 0 bridgehead atoms. The van der Waals surface area contributed by atoms with E-state index in [4.69, 9.17) is 20.4 Å². The van der Waals surface area contributed by atoms with Crippen molar-refractivity contribution in [2.75, 3.05) is 19.6 Å². The smallest absolute Gasteiger partial charge is 0.335 e. The van der Waals surface area contributed by atoms with Crippen molar-refractivity contribution in [2.24, 2.45) is 0 Å². The predicted molar refractivity (Wildman–Crippen MR) is 161 cm³/mol. The van der Waals surface area contributed by atoms with E-state index in [0.717, 1.165) is 64.3 Å². The first-order valence-electron chi connectivity index (χ1n) is 13.4. The Morgan fingerprint density at radius 3 is 1.74 bits per heavy atom. The van der Waals surface area contributed by atoms with E-state index in [1.807, 2.05) is 48.5 Å². The normalized spacial score (nSPS) is 15.5. The zero-order valence-electron chi connectivity index (χ0n) is 23.0. The summed E-state index contributed by atoms with van der Waals surface area (Å²) < 4.78 is 40.7. The molecule has 3 atom stereocenters. The van der Waals surface area contributed by atoms with Crippen molar-refractivity contribution in [3.63, 3.8) is 0 Å². The van der Waals surface area contributed by atoms with Crippen LogP contribution in [0.5, 0.6) is 0 Å². The van der Waals surface area contributed by atoms with Gasteiger partial charge in [-0.1, -0.05) is 46.3 Å². The van der Waals surface area contributed by atoms with Gasteiger partial charge in [-0.3, -0.25) is 4.90 Å². The minimum absolute atomic E-state index is 0.0898. The topological polar surface area (TPSA) is 135 Å². The first-order chi connectivity index (χ1) is 20.5. The molecular formula is C31H32BrF2NO7S. The molecule has 8 nitrogen and oxygen atoms in total. The van der Waals surface area contributed by atoms with Crippen LogP contribution in [-0.4, -0.2) is 73.3 Å². The molecule has 0 aliphatic carbocycles. The van der Waals surface area contributed by atoms with Crippen LogP contribution in [0.1, 0.15) is 36.3 Å². The number of carboxylic acids is 2. The molecule has 0 saturated carbocycles. The van der Waals surface area contributed by atoms with Crippen LogP contribution in [0, 0.1) is 11.6 Å². The molecule has 3 aromatic carbocycles. The van der Waals surface area contributed by atoms with Gasteiger partial charge in [-0.2, -0.15) is 0 Å². The van der Waals surface area contributed by atoms with Crippen molar-refractivity contribution in [2.45, 2.75) is 42.3 Å². The zero-order chi connectivity index (χ0) is 31.5. The third-order valence-corrected chi connectivity index (χ3v) is 8.91. The SMILES string of the molecule is O=C(O)[C@H](O)[C@@H](O)C(=O)O.O=S(C1=CCN(CCCC(c2ccc(F)cc2)c2ccc(F)cc2)CC1)c1ccc(Br)cc1. The number of rotatable bonds is 11. The monoisotopic (exact) mass is 679 g/mol. The lowest BCUT2D eigenvalue weighted by Gasteiger charge is -2.27. The number of carboxylic acid groups (broad SMARTS) is 2. The number of hydrogen-bond acceptors (Lipinski definition) is 6. The number of aliphatic hydroxyl groups is 2. The van der Waals surface area contributed by atoms with Gasteiger partial charge in [-0.25, -0.2) is 22.6 Å². The van der Waals surface area contributed by atoms with Crippen molar-refractivity contribution >= 4 is 38.7 Å². The van der Waals surface area contributed by atoms with E-state index in [2.05, 4.69) is 26.9 Å². The van der Waals surface area contributed by atoms with Crippen LogP contribution in [0.25, 0.3) is 0 Å². The molecule has 0 aromatic heterocycles. The molecule has 4 N–H and O–H groups in total. The fourth-order valence-electron chi connectivity index (χ4n) is 4.48. The van der Waals surface area contributed by atoms with E-state index in [1.54, 1.807) is 0 Å². The minimum atomic E-state index is -2.27. The lowest BCUT2D eigenvalue weighted by Crippen LogP contribution is -2.39. The lowest BCUT2D eigenvalue weighted by molar-refractivity contribution is -0.165. The molecule has 0 saturated heterocycles. The van der Waals surface area contributed by atoms with Gasteiger partial charge in [-0.15, -0.1) is 0 Å². The standard InChI is InChI=1S/C27H26BrF2NOS.C4H6O6/c28-22-7-13-25(14-8-22)33(32)26-15-18-31(19-16-26)17-1-2-27(20-3-9-23(29)10-4-20)21-5-11-24(30)12-6-21;5-1(3(7)8)2(6)4(9)10/h3-15,27H,1-2,16-19H2;1-2,5-6H,(H,7,8)(H,9,10)/t;1-,2-/m.1/s1. The average Bonchev–Trinajstić information content (AvgIpc) is 3.00. The van der Waals surface area contributed by atoms with Crippen molar-refractivity contribution in [3.05, 3.63) is 111 Å². The Kier molecular flexibility index (Phi) is 13.1. The third kappa shape index (κ3) is 10.4. The summed E-state index contributed by atoms with van der Waals surface area (Å²) in [7, 11) is -1.11. The van der Waals surface area contributed by atoms with Gasteiger partial charge in [-0.05, 0) is 85.5 Å². The Bertz CT molecular complexity index is 1360. The van der Waals surface area contributed by atoms with E-state index in [1.165, 1.54) is 24.3 Å². The van der Waals surface area contributed by atoms with Crippen LogP contribution in [-0.2, 0) is 20.4 Å². The number of aliphatic hydroxyl groups excluding tert-OH is 2. The summed E-state index contributed by atoms with van der Waals surface area (Å²) in [4.78, 5) is 23.7. The van der Waals surface area contributed by atoms with Crippen LogP contribution in [0.3, 0.4) is 0 Å². The van der Waals surface area contributed by atoms with Gasteiger partial charge < -0.3 is 20.4 Å². The fourth-order valence-corrected chi connectivity index (χ4v) is 5.93. The Morgan fingerprint density at radius 2 is 1.33 bits per heavy atom. The van der Waals surface area contributed by atoms with Gasteiger partial charge >= 0.3 is 11.9 Å². The van der Waals surface area contributed by atoms with Crippen molar-refractivity contribution in [3.8, 4) is 0 Å². The van der Waals surface area contributed by atoms with Crippen molar-refractivity contribution in [1.29, 1.82) is 0 Å². The second-order valence-corrected chi connectivity index (χ2v) is 12.3. The maximum atomic E-state index is 13.4. The highest BCUT2D eigenvalue weighted by atomic mass is 79.9. The molecule has 43 heavy (non-hydrogen) atoms. The van der Waals surface area contributed by atoms with Gasteiger partial charge in [0.15, 0.2) is 12.2 Å². The van der Waals surface area contributed by atoms with Crippen molar-refractivity contribution in [1.82, 2.24) is 4.90 Å². The number of aliphatic carboxylic acids is 2. The lowest BCUT2D eigenvalue weighted by atomic mass is 9.87. The molecule has 12 heteroatoms. The van der Waals surface area contributed by atoms with Gasteiger partial charge in [0, 0.05) is 33.3 Å². The first kappa shape index (κ1) is 34.2. The van der Waals surface area contributed by atoms with Crippen LogP contribution < -0.4 is 0 Å². The molecule has 1 aliphatic rings. The van der Waals surface area contributed by atoms with Crippen LogP contribution in [0.15, 0.2) is 93.1 Å². The molecule has 3 aromatic rings. The molecule has 0 fully saturated rings. The number of nitrogens with zero attached hydrogens (tertiary/aromatic N) is 1. The van der Waals surface area contributed by atoms with E-state index in [0.29, 0.717) is 0 Å². The molecule has 1 unspecified atom stereocenters. The van der Waals surface area contributed by atoms with E-state index in [9.17, 15) is 22.6 Å². The van der Waals surface area contributed by atoms with Crippen molar-refractivity contribution < 1.29 is 43.0 Å². The first-order valence-corrected chi connectivity index (χ1v) is 15.3. The Balaban J connectivity index is 0.000000436. The molecule has 0 amide bonds. The maximum absolute atomic E-state index is 13.4. The molecular weight excluding hydrogens is 648 g/mol. The Hall–Kier alpha value is -3.29. The van der Waals surface area contributed by atoms with Crippen LogP contribution >= 0.6 is 15.9 Å². The quantitative estimate of drug-likeness (QED) is 0.225. The predicted octanol–water partition coefficient (Wildman–Crippen LogP) is 4.91. The van der Waals surface area contributed by atoms with Crippen LogP contribution in [0.2, 0.25) is 0 Å². The van der Waals surface area contributed by atoms with Gasteiger partial charge in [0.2, 0.25) is 0 Å². The highest BCUT2D eigenvalue weighted by molar-refractivity contribution is 9.10. The number of hydrogen-bond donors (Lipinski definition) is 4. The highest BCUT2D eigenvalue weighted by Gasteiger charge is 2.29. The number of halogens is 3. The van der Waals surface area contributed by atoms with Crippen LogP contribution in [0.4, 0.5) is 8.78 Å². The average molecular weight is 681 g/mol. The number of carbonyl (C=O) groups is 2. The Labute approximate surface area is 258 Å². The molecule has 4 rings (SSSR count). The van der Waals surface area contributed by atoms with E-state index < -0.39 is 34.9 Å². The summed E-state index contributed by atoms with van der Waals surface area (Å²) in [5.74, 6) is -3.96. The molecule has 0 spiro atoms. The van der Waals surface area contributed by atoms with Gasteiger partial charge in [0.05, 0.1) is 10.8 Å². The summed E-state index contributed by atoms with van der Waals surface area (Å²) in [6.07, 6.45) is 0.198. The maximum Gasteiger partial charge on any atom is 0.335 e. The molecule has 230 valence electrons. The summed E-state index contributed by atoms with van der Waals surface area (Å²) in [6.45, 7) is 2.59. The second-order valence-electron chi connectivity index (χ2n) is 9.81. The van der Waals surface area contributed by atoms with Gasteiger partial charge in [0.25, 0.3) is 0 Å². The second kappa shape index (κ2) is 16.5. The van der Waals surface area contributed by atoms with E-state index >= 15 is 0 Å². The third-order valence-electron chi connectivity index (χ3n) is 6.83. The summed E-state index contributed by atoms with van der Waals surface area (Å²) in [5, 5.41) is 32.5. The summed E-state index contributed by atoms with van der Waals surface area (Å²) >= 11 is 3.41. The zero-order valence-corrected chi connectivity index (χ0v) is 25.4. The largest absolute Gasteiger partial charge is 0.479 e. The van der Waals surface area contributed by atoms with E-state index in [-0.39, 0.29) is 17.6 Å². The van der Waals surface area contributed by atoms with Gasteiger partial charge in [0.1, 0.15) is 11.6 Å². The summed E-state index contributed by atoms with van der Waals surface area (Å²) in [5.41, 5.74) is 2.07. The molecule has 0 radical (unpaired) electrons. The fraction of sp³-hybridized carbons (Fsp3) is 0.290. The minimum Gasteiger partial charge on any atom is -0.479 e. The number of benzene rings is 3.